The number of nitrogens with zero attached hydrogens (tertiary/aromatic N) is 2. The molecule has 1 N–H and O–H groups in total. The minimum atomic E-state index is -1.16. The lowest BCUT2D eigenvalue weighted by Crippen LogP contribution is -2.23. The van der Waals surface area contributed by atoms with Gasteiger partial charge in [-0.3, -0.25) is 20.2 Å². The van der Waals surface area contributed by atoms with Gasteiger partial charge in [0.15, 0.2) is 0 Å². The molecule has 0 saturated heterocycles. The van der Waals surface area contributed by atoms with Crippen LogP contribution in [0.25, 0.3) is 0 Å². The van der Waals surface area contributed by atoms with Crippen molar-refractivity contribution in [3.05, 3.63) is 78.9 Å². The van der Waals surface area contributed by atoms with Crippen molar-refractivity contribution in [3.8, 4) is 0 Å². The van der Waals surface area contributed by atoms with E-state index in [9.17, 15) is 29.8 Å². The zero-order valence-corrected chi connectivity index (χ0v) is 17.2. The van der Waals surface area contributed by atoms with Gasteiger partial charge in [0.1, 0.15) is 5.60 Å². The van der Waals surface area contributed by atoms with Crippen LogP contribution in [0.5, 0.6) is 0 Å². The molecule has 0 radical (unpaired) electrons. The maximum Gasteiger partial charge on any atom is 0.338 e. The standard InChI is InChI=1S/C12H15NO4.C8H7NO4.CH4/c1-8-5-6-9(7-10(8)13(15)16)11(14)17-12(2,3)4;1-5-2-3-6(8(10)11)4-7(5)9(12)13;/h5-7H,1-4H3;2-4H,1H3,(H,10,11);1H4. The van der Waals surface area contributed by atoms with Crippen LogP contribution in [0.15, 0.2) is 36.4 Å². The minimum Gasteiger partial charge on any atom is -0.478 e. The maximum atomic E-state index is 11.7. The highest BCUT2D eigenvalue weighted by atomic mass is 16.6. The molecule has 0 aliphatic rings. The fraction of sp³-hybridized carbons (Fsp3) is 0.333. The second-order valence-corrected chi connectivity index (χ2v) is 7.32. The number of ether oxygens (including phenoxy) is 1. The van der Waals surface area contributed by atoms with Gasteiger partial charge in [-0.15, -0.1) is 0 Å². The van der Waals surface area contributed by atoms with Crippen LogP contribution in [-0.4, -0.2) is 32.5 Å². The van der Waals surface area contributed by atoms with Gasteiger partial charge in [0.05, 0.1) is 21.0 Å². The number of benzene rings is 2. The molecule has 0 atom stereocenters. The Balaban J connectivity index is 0.000000581. The number of carboxylic acid groups (broad SMARTS) is 1. The van der Waals surface area contributed by atoms with Crippen LogP contribution in [0.1, 0.15) is 60.0 Å². The Kier molecular flexibility index (Phi) is 9.48. The average Bonchev–Trinajstić information content (AvgIpc) is 2.60. The van der Waals surface area contributed by atoms with Crippen LogP contribution < -0.4 is 0 Å². The highest BCUT2D eigenvalue weighted by Crippen LogP contribution is 2.21. The van der Waals surface area contributed by atoms with E-state index >= 15 is 0 Å². The highest BCUT2D eigenvalue weighted by molar-refractivity contribution is 5.90. The summed E-state index contributed by atoms with van der Waals surface area (Å²) in [6.45, 7) is 8.41. The summed E-state index contributed by atoms with van der Waals surface area (Å²) in [7, 11) is 0. The molecule has 2 aromatic carbocycles. The van der Waals surface area contributed by atoms with Crippen LogP contribution in [0.3, 0.4) is 0 Å². The number of aryl methyl sites for hydroxylation is 2. The molecule has 0 amide bonds. The molecule has 0 unspecified atom stereocenters. The van der Waals surface area contributed by atoms with Gasteiger partial charge in [-0.2, -0.15) is 0 Å². The molecule has 168 valence electrons. The summed E-state index contributed by atoms with van der Waals surface area (Å²) in [6.07, 6.45) is 0. The van der Waals surface area contributed by atoms with Crippen molar-refractivity contribution in [3.63, 3.8) is 0 Å². The van der Waals surface area contributed by atoms with Crippen molar-refractivity contribution in [2.24, 2.45) is 0 Å². The van der Waals surface area contributed by atoms with E-state index in [1.165, 1.54) is 30.3 Å². The summed E-state index contributed by atoms with van der Waals surface area (Å²) in [5, 5.41) is 29.7. The first kappa shape index (κ1) is 27.2. The number of rotatable bonds is 4. The van der Waals surface area contributed by atoms with Gasteiger partial charge >= 0.3 is 11.9 Å². The number of esters is 1. The summed E-state index contributed by atoms with van der Waals surface area (Å²) in [5.74, 6) is -1.72. The molecule has 0 aliphatic heterocycles. The van der Waals surface area contributed by atoms with Crippen molar-refractivity contribution in [2.75, 3.05) is 0 Å². The number of nitro groups is 2. The lowest BCUT2D eigenvalue weighted by molar-refractivity contribution is -0.385. The van der Waals surface area contributed by atoms with E-state index in [0.717, 1.165) is 6.07 Å². The topological polar surface area (TPSA) is 150 Å². The second kappa shape index (κ2) is 10.8. The second-order valence-electron chi connectivity index (χ2n) is 7.32. The third-order valence-corrected chi connectivity index (χ3v) is 3.69. The van der Waals surface area contributed by atoms with Crippen molar-refractivity contribution < 1.29 is 29.3 Å². The summed E-state index contributed by atoms with van der Waals surface area (Å²) in [4.78, 5) is 42.2. The normalized spacial score (nSPS) is 10.1. The van der Waals surface area contributed by atoms with Gasteiger partial charge in [-0.25, -0.2) is 9.59 Å². The molecule has 0 aliphatic carbocycles. The molecule has 31 heavy (non-hydrogen) atoms. The Morgan fingerprint density at radius 1 is 0.871 bits per heavy atom. The first-order chi connectivity index (χ1) is 13.7. The number of nitro benzene ring substituents is 2. The predicted octanol–water partition coefficient (Wildman–Crippen LogP) is 5.10. The average molecular weight is 434 g/mol. The Morgan fingerprint density at radius 3 is 1.61 bits per heavy atom. The third-order valence-electron chi connectivity index (χ3n) is 3.69. The van der Waals surface area contributed by atoms with E-state index in [-0.39, 0.29) is 29.9 Å². The van der Waals surface area contributed by atoms with E-state index in [2.05, 4.69) is 0 Å². The third kappa shape index (κ3) is 8.21. The van der Waals surface area contributed by atoms with Gasteiger partial charge in [0.2, 0.25) is 0 Å². The van der Waals surface area contributed by atoms with Gasteiger partial charge in [0.25, 0.3) is 11.4 Å². The Labute approximate surface area is 179 Å². The van der Waals surface area contributed by atoms with Gasteiger partial charge < -0.3 is 9.84 Å². The van der Waals surface area contributed by atoms with Crippen LogP contribution in [-0.2, 0) is 4.74 Å². The lowest BCUT2D eigenvalue weighted by atomic mass is 10.1. The molecule has 10 nitrogen and oxygen atoms in total. The number of carboxylic acids is 1. The molecular formula is C21H26N2O8. The monoisotopic (exact) mass is 434 g/mol. The molecule has 2 rings (SSSR count). The summed E-state index contributed by atoms with van der Waals surface area (Å²) < 4.78 is 5.14. The Hall–Kier alpha value is -3.82. The fourth-order valence-electron chi connectivity index (χ4n) is 2.21. The molecule has 10 heteroatoms. The van der Waals surface area contributed by atoms with E-state index in [1.54, 1.807) is 34.6 Å². The summed E-state index contributed by atoms with van der Waals surface area (Å²) in [5.41, 5.74) is 0.233. The molecule has 0 aromatic heterocycles. The summed E-state index contributed by atoms with van der Waals surface area (Å²) >= 11 is 0. The smallest absolute Gasteiger partial charge is 0.338 e. The molecule has 2 aromatic rings. The predicted molar refractivity (Wildman–Crippen MR) is 115 cm³/mol. The van der Waals surface area contributed by atoms with Crippen LogP contribution in [0.4, 0.5) is 11.4 Å². The van der Waals surface area contributed by atoms with E-state index in [4.69, 9.17) is 9.84 Å². The van der Waals surface area contributed by atoms with E-state index < -0.39 is 27.4 Å². The molecule has 0 bridgehead atoms. The van der Waals surface area contributed by atoms with Gasteiger partial charge in [-0.1, -0.05) is 19.6 Å². The van der Waals surface area contributed by atoms with Gasteiger partial charge in [-0.05, 0) is 46.8 Å². The Morgan fingerprint density at radius 2 is 1.26 bits per heavy atom. The zero-order valence-electron chi connectivity index (χ0n) is 17.2. The number of hydrogen-bond acceptors (Lipinski definition) is 7. The van der Waals surface area contributed by atoms with Gasteiger partial charge in [0, 0.05) is 23.3 Å². The molecular weight excluding hydrogens is 408 g/mol. The lowest BCUT2D eigenvalue weighted by Gasteiger charge is -2.19. The van der Waals surface area contributed by atoms with Crippen LogP contribution >= 0.6 is 0 Å². The number of hydrogen-bond donors (Lipinski definition) is 1. The fourth-order valence-corrected chi connectivity index (χ4v) is 2.21. The molecule has 0 heterocycles. The molecule has 0 spiro atoms. The highest BCUT2D eigenvalue weighted by Gasteiger charge is 2.20. The Bertz CT molecular complexity index is 993. The van der Waals surface area contributed by atoms with E-state index in [0.29, 0.717) is 11.1 Å². The quantitative estimate of drug-likeness (QED) is 0.397. The SMILES string of the molecule is C.Cc1ccc(C(=O)O)cc1[N+](=O)[O-].Cc1ccc(C(=O)OC(C)(C)C)cc1[N+](=O)[O-]. The summed E-state index contributed by atoms with van der Waals surface area (Å²) in [6, 6.07) is 8.11. The number of carbonyl (C=O) groups excluding carboxylic acids is 1. The molecule has 0 fully saturated rings. The molecule has 0 saturated carbocycles. The number of carbonyl (C=O) groups is 2. The van der Waals surface area contributed by atoms with Crippen molar-refractivity contribution in [1.82, 2.24) is 0 Å². The van der Waals surface area contributed by atoms with Crippen molar-refractivity contribution in [2.45, 2.75) is 47.6 Å². The van der Waals surface area contributed by atoms with E-state index in [1.807, 2.05) is 0 Å². The first-order valence-corrected chi connectivity index (χ1v) is 8.69. The number of aromatic carboxylic acids is 1. The largest absolute Gasteiger partial charge is 0.478 e. The van der Waals surface area contributed by atoms with Crippen LogP contribution in [0, 0.1) is 34.1 Å². The zero-order chi connectivity index (χ0) is 23.2. The first-order valence-electron chi connectivity index (χ1n) is 8.69. The van der Waals surface area contributed by atoms with Crippen molar-refractivity contribution in [1.29, 1.82) is 0 Å². The maximum absolute atomic E-state index is 11.7. The van der Waals surface area contributed by atoms with Crippen molar-refractivity contribution >= 4 is 23.3 Å². The van der Waals surface area contributed by atoms with Crippen LogP contribution in [0.2, 0.25) is 0 Å². The minimum absolute atomic E-state index is 0.